The van der Waals surface area contributed by atoms with Crippen LogP contribution in [0.15, 0.2) is 55.1 Å². The molecule has 1 aliphatic carbocycles. The van der Waals surface area contributed by atoms with E-state index in [1.165, 1.54) is 10.9 Å². The molecule has 0 saturated heterocycles. The monoisotopic (exact) mass is 620 g/mol. The summed E-state index contributed by atoms with van der Waals surface area (Å²) in [6.45, 7) is 8.84. The highest BCUT2D eigenvalue weighted by Crippen LogP contribution is 2.48. The number of alkyl halides is 2. The second-order valence-electron chi connectivity index (χ2n) is 13.1. The van der Waals surface area contributed by atoms with E-state index in [1.54, 1.807) is 23.1 Å². The molecule has 1 unspecified atom stereocenters. The van der Waals surface area contributed by atoms with Crippen molar-refractivity contribution in [1.29, 1.82) is 10.5 Å². The predicted octanol–water partition coefficient (Wildman–Crippen LogP) is 6.69. The van der Waals surface area contributed by atoms with E-state index in [-0.39, 0.29) is 5.41 Å². The Balaban J connectivity index is 1.50. The molecule has 46 heavy (non-hydrogen) atoms. The average Bonchev–Trinajstić information content (AvgIpc) is 3.49. The Morgan fingerprint density at radius 1 is 1.07 bits per heavy atom. The first kappa shape index (κ1) is 30.7. The highest BCUT2D eigenvalue weighted by molar-refractivity contribution is 5.99. The van der Waals surface area contributed by atoms with Crippen molar-refractivity contribution in [3.8, 4) is 23.3 Å². The lowest BCUT2D eigenvalue weighted by Crippen LogP contribution is -2.26. The number of fused-ring (bicyclic) bond motifs is 1. The zero-order chi connectivity index (χ0) is 32.8. The van der Waals surface area contributed by atoms with E-state index in [4.69, 9.17) is 0 Å². The number of nitrogens with one attached hydrogen (secondary N) is 2. The summed E-state index contributed by atoms with van der Waals surface area (Å²) < 4.78 is 31.1. The number of pyridine rings is 1. The number of benzene rings is 2. The molecule has 12 heteroatoms. The Bertz CT molecular complexity index is 2020. The second kappa shape index (κ2) is 11.5. The van der Waals surface area contributed by atoms with Gasteiger partial charge in [0.25, 0.3) is 6.43 Å². The van der Waals surface area contributed by atoms with Crippen molar-refractivity contribution in [1.82, 2.24) is 29.8 Å². The Morgan fingerprint density at radius 3 is 2.46 bits per heavy atom. The summed E-state index contributed by atoms with van der Waals surface area (Å²) in [6, 6.07) is 13.3. The van der Waals surface area contributed by atoms with Gasteiger partial charge in [-0.2, -0.15) is 15.6 Å². The molecule has 2 aromatic carbocycles. The summed E-state index contributed by atoms with van der Waals surface area (Å²) in [5.74, 6) is 0. The number of nitriles is 2. The third-order valence-corrected chi connectivity index (χ3v) is 8.45. The van der Waals surface area contributed by atoms with E-state index in [0.717, 1.165) is 22.3 Å². The molecule has 0 spiro atoms. The summed E-state index contributed by atoms with van der Waals surface area (Å²) in [5.41, 5.74) is 5.02. The number of hydrogen-bond acceptors (Lipinski definition) is 8. The molecule has 3 aromatic heterocycles. The molecule has 0 bridgehead atoms. The van der Waals surface area contributed by atoms with E-state index < -0.39 is 18.0 Å². The summed E-state index contributed by atoms with van der Waals surface area (Å²) >= 11 is 0. The quantitative estimate of drug-likeness (QED) is 0.186. The van der Waals surface area contributed by atoms with Crippen LogP contribution in [0.5, 0.6) is 0 Å². The Labute approximate surface area is 265 Å². The minimum absolute atomic E-state index is 0.0822. The summed E-state index contributed by atoms with van der Waals surface area (Å²) in [4.78, 5) is 4.46. The summed E-state index contributed by atoms with van der Waals surface area (Å²) in [6.07, 6.45) is 4.88. The Morgan fingerprint density at radius 2 is 1.83 bits per heavy atom. The molecule has 0 radical (unpaired) electrons. The number of anilines is 2. The molecule has 5 aromatic rings. The minimum Gasteiger partial charge on any atom is -0.383 e. The lowest BCUT2D eigenvalue weighted by atomic mass is 9.92. The SMILES string of the molecule is Cc1c(-c2cnn(C)c2)cccc1C(Nc1cc(C#N)c2ncc(C#N)c(NCC(C)(C)C)c2c1)c1cn(C2(C(F)F)CC2)nn1. The number of hydrogen-bond donors (Lipinski definition) is 2. The normalized spacial score (nSPS) is 14.6. The maximum Gasteiger partial charge on any atom is 0.263 e. The van der Waals surface area contributed by atoms with Gasteiger partial charge >= 0.3 is 0 Å². The number of halogens is 2. The molecule has 0 amide bonds. The summed E-state index contributed by atoms with van der Waals surface area (Å²) in [7, 11) is 1.85. The zero-order valence-electron chi connectivity index (χ0n) is 26.3. The highest BCUT2D eigenvalue weighted by Gasteiger charge is 2.54. The number of nitrogens with zero attached hydrogens (tertiary/aromatic N) is 8. The van der Waals surface area contributed by atoms with Crippen molar-refractivity contribution in [2.75, 3.05) is 17.2 Å². The molecule has 1 saturated carbocycles. The van der Waals surface area contributed by atoms with Gasteiger partial charge in [0.1, 0.15) is 23.4 Å². The van der Waals surface area contributed by atoms with Crippen molar-refractivity contribution in [3.63, 3.8) is 0 Å². The number of rotatable bonds is 9. The molecule has 2 N–H and O–H groups in total. The number of aromatic nitrogens is 6. The van der Waals surface area contributed by atoms with Gasteiger partial charge in [0, 0.05) is 42.6 Å². The third kappa shape index (κ3) is 5.63. The Kier molecular flexibility index (Phi) is 7.69. The van der Waals surface area contributed by atoms with Crippen LogP contribution in [0.3, 0.4) is 0 Å². The molecular weight excluding hydrogens is 586 g/mol. The maximum absolute atomic E-state index is 14.0. The molecule has 3 heterocycles. The van der Waals surface area contributed by atoms with Crippen LogP contribution in [-0.4, -0.2) is 42.7 Å². The largest absolute Gasteiger partial charge is 0.383 e. The van der Waals surface area contributed by atoms with Gasteiger partial charge in [-0.15, -0.1) is 5.10 Å². The third-order valence-electron chi connectivity index (χ3n) is 8.45. The first-order valence-electron chi connectivity index (χ1n) is 15.0. The first-order chi connectivity index (χ1) is 21.9. The minimum atomic E-state index is -2.57. The topological polar surface area (TPSA) is 133 Å². The van der Waals surface area contributed by atoms with E-state index in [9.17, 15) is 19.3 Å². The molecule has 10 nitrogen and oxygen atoms in total. The first-order valence-corrected chi connectivity index (χ1v) is 15.0. The van der Waals surface area contributed by atoms with Gasteiger partial charge in [-0.25, -0.2) is 13.5 Å². The molecule has 6 rings (SSSR count). The van der Waals surface area contributed by atoms with Crippen LogP contribution in [0, 0.1) is 35.0 Å². The van der Waals surface area contributed by atoms with Crippen LogP contribution in [0.2, 0.25) is 0 Å². The average molecular weight is 621 g/mol. The van der Waals surface area contributed by atoms with Crippen molar-refractivity contribution in [2.24, 2.45) is 12.5 Å². The van der Waals surface area contributed by atoms with E-state index in [0.29, 0.717) is 58.5 Å². The summed E-state index contributed by atoms with van der Waals surface area (Å²) in [5, 5.41) is 40.5. The Hall–Kier alpha value is -5.36. The van der Waals surface area contributed by atoms with Crippen molar-refractivity contribution >= 4 is 22.3 Å². The molecular formula is C34H34F2N10. The highest BCUT2D eigenvalue weighted by atomic mass is 19.3. The molecule has 1 aliphatic rings. The fourth-order valence-corrected chi connectivity index (χ4v) is 5.72. The molecule has 0 aliphatic heterocycles. The molecule has 234 valence electrons. The van der Waals surface area contributed by atoms with Crippen LogP contribution in [0.25, 0.3) is 22.0 Å². The van der Waals surface area contributed by atoms with Crippen molar-refractivity contribution < 1.29 is 8.78 Å². The fraction of sp³-hybridized carbons (Fsp3) is 0.353. The van der Waals surface area contributed by atoms with Crippen LogP contribution >= 0.6 is 0 Å². The van der Waals surface area contributed by atoms with Gasteiger partial charge in [0.2, 0.25) is 0 Å². The molecule has 1 atom stereocenters. The van der Waals surface area contributed by atoms with E-state index in [1.807, 2.05) is 44.4 Å². The van der Waals surface area contributed by atoms with E-state index in [2.05, 4.69) is 63.9 Å². The molecule has 1 fully saturated rings. The lowest BCUT2D eigenvalue weighted by molar-refractivity contribution is 0.0593. The number of aryl methyl sites for hydroxylation is 1. The predicted molar refractivity (Wildman–Crippen MR) is 171 cm³/mol. The second-order valence-corrected chi connectivity index (χ2v) is 13.1. The fourth-order valence-electron chi connectivity index (χ4n) is 5.72. The van der Waals surface area contributed by atoms with Crippen molar-refractivity contribution in [2.45, 2.75) is 58.5 Å². The maximum atomic E-state index is 14.0. The lowest BCUT2D eigenvalue weighted by Gasteiger charge is -2.23. The van der Waals surface area contributed by atoms with Crippen LogP contribution in [-0.2, 0) is 12.6 Å². The zero-order valence-corrected chi connectivity index (χ0v) is 26.3. The van der Waals surface area contributed by atoms with Crippen LogP contribution in [0.4, 0.5) is 20.2 Å². The standard InChI is InChI=1S/C34H34F2N10/c1-20-25(23-16-41-45(5)17-23)7-6-8-26(20)31(28-18-46(44-43-28)34(9-10-34)32(35)36)42-24-11-21(13-37)29-27(12-24)30(22(14-38)15-39-29)40-19-33(2,3)4/h6-8,11-12,15-18,31-32,42H,9-10,19H2,1-5H3,(H,39,40). The van der Waals surface area contributed by atoms with E-state index >= 15 is 0 Å². The van der Waals surface area contributed by atoms with Gasteiger partial charge < -0.3 is 10.6 Å². The van der Waals surface area contributed by atoms with Gasteiger partial charge in [-0.3, -0.25) is 9.67 Å². The van der Waals surface area contributed by atoms with Gasteiger partial charge in [0.15, 0.2) is 0 Å². The van der Waals surface area contributed by atoms with Gasteiger partial charge in [-0.1, -0.05) is 44.2 Å². The van der Waals surface area contributed by atoms with Crippen LogP contribution < -0.4 is 10.6 Å². The van der Waals surface area contributed by atoms with Gasteiger partial charge in [0.05, 0.1) is 40.8 Å². The van der Waals surface area contributed by atoms with Crippen molar-refractivity contribution in [3.05, 3.63) is 83.1 Å². The smallest absolute Gasteiger partial charge is 0.263 e. The van der Waals surface area contributed by atoms with Crippen LogP contribution in [0.1, 0.15) is 67.6 Å². The van der Waals surface area contributed by atoms with Gasteiger partial charge in [-0.05, 0) is 54.0 Å².